The van der Waals surface area contributed by atoms with Crippen molar-refractivity contribution in [3.05, 3.63) is 47.7 Å². The predicted octanol–water partition coefficient (Wildman–Crippen LogP) is 4.25. The van der Waals surface area contributed by atoms with Crippen LogP contribution in [0.5, 0.6) is 5.75 Å². The molecule has 5 heteroatoms. The molecule has 1 aromatic carbocycles. The highest BCUT2D eigenvalue weighted by Crippen LogP contribution is 2.40. The van der Waals surface area contributed by atoms with Gasteiger partial charge in [-0.15, -0.1) is 6.58 Å². The largest absolute Gasteiger partial charge is 0.483 e. The Morgan fingerprint density at radius 3 is 2.79 bits per heavy atom. The summed E-state index contributed by atoms with van der Waals surface area (Å²) in [5.41, 5.74) is 9.52. The van der Waals surface area contributed by atoms with Gasteiger partial charge in [-0.2, -0.15) is 0 Å². The normalized spacial score (nSPS) is 16.4. The number of ether oxygens (including phenoxy) is 2. The van der Waals surface area contributed by atoms with Crippen molar-refractivity contribution >= 4 is 22.9 Å². The smallest absolute Gasteiger partial charge is 0.323 e. The van der Waals surface area contributed by atoms with Crippen LogP contribution in [-0.4, -0.2) is 29.2 Å². The van der Waals surface area contributed by atoms with Crippen molar-refractivity contribution in [2.45, 2.75) is 58.1 Å². The van der Waals surface area contributed by atoms with E-state index < -0.39 is 6.04 Å². The number of hydrogen-bond donors (Lipinski definition) is 2. The van der Waals surface area contributed by atoms with E-state index in [1.54, 1.807) is 6.92 Å². The Morgan fingerprint density at radius 1 is 1.43 bits per heavy atom. The van der Waals surface area contributed by atoms with Gasteiger partial charge in [0, 0.05) is 28.5 Å². The Hall–Kier alpha value is -2.53. The lowest BCUT2D eigenvalue weighted by Gasteiger charge is -2.28. The molecule has 0 saturated heterocycles. The first kappa shape index (κ1) is 20.2. The number of allylic oxidation sites excluding steroid dienone is 1. The van der Waals surface area contributed by atoms with Crippen molar-refractivity contribution in [1.29, 1.82) is 0 Å². The number of aromatic nitrogens is 1. The minimum absolute atomic E-state index is 0.311. The number of esters is 1. The molecule has 1 atom stereocenters. The first-order valence-electron chi connectivity index (χ1n) is 9.71. The van der Waals surface area contributed by atoms with E-state index in [9.17, 15) is 4.79 Å². The average Bonchev–Trinajstić information content (AvgIpc) is 3.00. The molecule has 5 nitrogen and oxygen atoms in total. The van der Waals surface area contributed by atoms with Gasteiger partial charge in [-0.3, -0.25) is 4.79 Å². The van der Waals surface area contributed by atoms with Crippen molar-refractivity contribution in [2.24, 2.45) is 5.73 Å². The molecular weight excluding hydrogens is 352 g/mol. The van der Waals surface area contributed by atoms with Crippen LogP contribution in [0.1, 0.15) is 51.4 Å². The summed E-state index contributed by atoms with van der Waals surface area (Å²) in [5, 5.41) is 1.04. The molecule has 1 unspecified atom stereocenters. The van der Waals surface area contributed by atoms with Crippen LogP contribution >= 0.6 is 0 Å². The van der Waals surface area contributed by atoms with E-state index in [0.717, 1.165) is 33.5 Å². The van der Waals surface area contributed by atoms with E-state index in [2.05, 4.69) is 37.6 Å². The van der Waals surface area contributed by atoms with Gasteiger partial charge in [0.05, 0.1) is 12.1 Å². The van der Waals surface area contributed by atoms with Crippen molar-refractivity contribution in [3.63, 3.8) is 0 Å². The predicted molar refractivity (Wildman–Crippen MR) is 114 cm³/mol. The Balaban J connectivity index is 2.17. The number of hydrogen-bond acceptors (Lipinski definition) is 4. The fourth-order valence-electron chi connectivity index (χ4n) is 3.59. The van der Waals surface area contributed by atoms with Crippen molar-refractivity contribution in [3.8, 4) is 5.75 Å². The lowest BCUT2D eigenvalue weighted by atomic mass is 9.85. The van der Waals surface area contributed by atoms with Crippen LogP contribution in [0.3, 0.4) is 0 Å². The summed E-state index contributed by atoms with van der Waals surface area (Å²) in [6, 6.07) is 3.30. The van der Waals surface area contributed by atoms with E-state index in [-0.39, 0.29) is 17.0 Å². The zero-order valence-electron chi connectivity index (χ0n) is 17.4. The highest BCUT2D eigenvalue weighted by Gasteiger charge is 2.30. The van der Waals surface area contributed by atoms with Crippen LogP contribution in [0.25, 0.3) is 17.0 Å². The second-order valence-corrected chi connectivity index (χ2v) is 8.41. The number of fused-ring (bicyclic) bond motifs is 3. The zero-order valence-corrected chi connectivity index (χ0v) is 17.4. The Bertz CT molecular complexity index is 950. The van der Waals surface area contributed by atoms with Crippen LogP contribution in [0, 0.1) is 0 Å². The summed E-state index contributed by atoms with van der Waals surface area (Å²) in [6.45, 7) is 14.3. The van der Waals surface area contributed by atoms with Crippen molar-refractivity contribution in [2.75, 3.05) is 6.61 Å². The first-order chi connectivity index (χ1) is 13.1. The summed E-state index contributed by atoms with van der Waals surface area (Å²) < 4.78 is 11.2. The molecule has 0 spiro atoms. The lowest BCUT2D eigenvalue weighted by Crippen LogP contribution is -2.35. The quantitative estimate of drug-likeness (QED) is 0.578. The number of H-pyrrole nitrogens is 1. The van der Waals surface area contributed by atoms with E-state index in [0.29, 0.717) is 13.0 Å². The Kier molecular flexibility index (Phi) is 5.15. The number of carbonyl (C=O) groups excluding carboxylic acids is 1. The molecule has 0 aliphatic carbocycles. The third kappa shape index (κ3) is 3.59. The van der Waals surface area contributed by atoms with Gasteiger partial charge in [-0.05, 0) is 50.6 Å². The van der Waals surface area contributed by atoms with Crippen LogP contribution in [0.15, 0.2) is 30.9 Å². The number of rotatable bonds is 6. The number of carbonyl (C=O) groups is 1. The molecule has 0 amide bonds. The molecule has 150 valence electrons. The zero-order chi connectivity index (χ0) is 20.7. The van der Waals surface area contributed by atoms with Crippen LogP contribution in [0.4, 0.5) is 0 Å². The van der Waals surface area contributed by atoms with Gasteiger partial charge >= 0.3 is 5.97 Å². The molecule has 1 aliphatic heterocycles. The number of benzene rings is 1. The summed E-state index contributed by atoms with van der Waals surface area (Å²) in [6.07, 6.45) is 6.44. The molecule has 3 rings (SSSR count). The third-order valence-electron chi connectivity index (χ3n) is 5.27. The molecule has 3 N–H and O–H groups in total. The minimum atomic E-state index is -0.722. The molecule has 0 bridgehead atoms. The van der Waals surface area contributed by atoms with E-state index in [1.165, 1.54) is 0 Å². The maximum Gasteiger partial charge on any atom is 0.323 e. The summed E-state index contributed by atoms with van der Waals surface area (Å²) in [4.78, 5) is 15.7. The standard InChI is InChI=1S/C23H30N2O3/c1-7-22(3,4)20-16(13-17(24)21(26)27-8-2)14-9-10-18-15(19(14)25-20)11-12-23(5,6)28-18/h7,9-12,17,25H,1,8,13,24H2,2-6H3. The summed E-state index contributed by atoms with van der Waals surface area (Å²) >= 11 is 0. The van der Waals surface area contributed by atoms with Gasteiger partial charge in [-0.25, -0.2) is 0 Å². The average molecular weight is 383 g/mol. The fourth-order valence-corrected chi connectivity index (χ4v) is 3.59. The number of nitrogens with one attached hydrogen (secondary N) is 1. The van der Waals surface area contributed by atoms with Gasteiger partial charge in [0.15, 0.2) is 0 Å². The van der Waals surface area contributed by atoms with Crippen molar-refractivity contribution < 1.29 is 14.3 Å². The van der Waals surface area contributed by atoms with E-state index in [1.807, 2.05) is 32.1 Å². The molecule has 2 heterocycles. The molecule has 0 saturated carbocycles. The van der Waals surface area contributed by atoms with Crippen LogP contribution in [-0.2, 0) is 21.4 Å². The van der Waals surface area contributed by atoms with Crippen LogP contribution < -0.4 is 10.5 Å². The molecule has 0 radical (unpaired) electrons. The fraction of sp³-hybridized carbons (Fsp3) is 0.435. The highest BCUT2D eigenvalue weighted by atomic mass is 16.5. The van der Waals surface area contributed by atoms with Gasteiger partial charge < -0.3 is 20.2 Å². The summed E-state index contributed by atoms with van der Waals surface area (Å²) in [5.74, 6) is 0.451. The highest BCUT2D eigenvalue weighted by molar-refractivity contribution is 5.95. The van der Waals surface area contributed by atoms with Gasteiger partial charge in [0.1, 0.15) is 17.4 Å². The monoisotopic (exact) mass is 382 g/mol. The third-order valence-corrected chi connectivity index (χ3v) is 5.27. The molecule has 28 heavy (non-hydrogen) atoms. The van der Waals surface area contributed by atoms with E-state index >= 15 is 0 Å². The Labute approximate surface area is 166 Å². The molecular formula is C23H30N2O3. The van der Waals surface area contributed by atoms with Crippen molar-refractivity contribution in [1.82, 2.24) is 4.98 Å². The lowest BCUT2D eigenvalue weighted by molar-refractivity contribution is -0.144. The van der Waals surface area contributed by atoms with Crippen LogP contribution in [0.2, 0.25) is 0 Å². The SMILES string of the molecule is C=CC(C)(C)c1[nH]c2c3c(ccc2c1CC(N)C(=O)OCC)OC(C)(C)C=C3. The second kappa shape index (κ2) is 7.13. The summed E-state index contributed by atoms with van der Waals surface area (Å²) in [7, 11) is 0. The second-order valence-electron chi connectivity index (χ2n) is 8.41. The first-order valence-corrected chi connectivity index (χ1v) is 9.71. The topological polar surface area (TPSA) is 77.3 Å². The van der Waals surface area contributed by atoms with Gasteiger partial charge in [-0.1, -0.05) is 19.9 Å². The molecule has 1 aliphatic rings. The maximum absolute atomic E-state index is 12.1. The number of aromatic amines is 1. The minimum Gasteiger partial charge on any atom is -0.483 e. The number of nitrogens with two attached hydrogens (primary N) is 1. The van der Waals surface area contributed by atoms with Gasteiger partial charge in [0.25, 0.3) is 0 Å². The molecule has 2 aromatic rings. The molecule has 1 aromatic heterocycles. The molecule has 0 fully saturated rings. The maximum atomic E-state index is 12.1. The Morgan fingerprint density at radius 2 is 2.14 bits per heavy atom. The van der Waals surface area contributed by atoms with E-state index in [4.69, 9.17) is 15.2 Å². The van der Waals surface area contributed by atoms with Gasteiger partial charge in [0.2, 0.25) is 0 Å².